The van der Waals surface area contributed by atoms with Crippen molar-refractivity contribution in [3.63, 3.8) is 0 Å². The number of amides is 2. The highest BCUT2D eigenvalue weighted by Crippen LogP contribution is 2.09. The standard InChI is InChI=1S/C6H13N3O2/c1-9(6(10)8-7)5-2-3-11-4-5/h5H,2-4,7H2,1H3,(H,8,10). The van der Waals surface area contributed by atoms with E-state index in [9.17, 15) is 4.79 Å². The highest BCUT2D eigenvalue weighted by Gasteiger charge is 2.23. The van der Waals surface area contributed by atoms with Crippen LogP contribution in [0.25, 0.3) is 0 Å². The predicted octanol–water partition coefficient (Wildman–Crippen LogP) is -0.710. The van der Waals surface area contributed by atoms with E-state index in [1.165, 1.54) is 0 Å². The molecule has 1 rings (SSSR count). The third-order valence-corrected chi connectivity index (χ3v) is 1.90. The first kappa shape index (κ1) is 8.29. The summed E-state index contributed by atoms with van der Waals surface area (Å²) >= 11 is 0. The molecule has 1 fully saturated rings. The third kappa shape index (κ3) is 1.81. The number of urea groups is 1. The summed E-state index contributed by atoms with van der Waals surface area (Å²) in [5.41, 5.74) is 2.07. The number of likely N-dealkylation sites (N-methyl/N-ethyl adjacent to an activating group) is 1. The molecule has 1 aliphatic rings. The molecule has 0 aliphatic carbocycles. The van der Waals surface area contributed by atoms with Gasteiger partial charge in [0.25, 0.3) is 0 Å². The molecule has 2 amide bonds. The molecule has 5 nitrogen and oxygen atoms in total. The lowest BCUT2D eigenvalue weighted by Gasteiger charge is -2.21. The monoisotopic (exact) mass is 159 g/mol. The normalized spacial score (nSPS) is 23.3. The summed E-state index contributed by atoms with van der Waals surface area (Å²) in [6.45, 7) is 1.34. The van der Waals surface area contributed by atoms with Gasteiger partial charge in [-0.2, -0.15) is 0 Å². The van der Waals surface area contributed by atoms with Crippen LogP contribution in [-0.2, 0) is 4.74 Å². The molecular formula is C6H13N3O2. The van der Waals surface area contributed by atoms with E-state index in [1.54, 1.807) is 11.9 Å². The first-order valence-corrected chi connectivity index (χ1v) is 3.57. The molecule has 1 heterocycles. The van der Waals surface area contributed by atoms with Crippen molar-refractivity contribution >= 4 is 6.03 Å². The maximum atomic E-state index is 10.9. The third-order valence-electron chi connectivity index (χ3n) is 1.90. The van der Waals surface area contributed by atoms with Crippen LogP contribution in [0.15, 0.2) is 0 Å². The van der Waals surface area contributed by atoms with Gasteiger partial charge in [0.2, 0.25) is 0 Å². The molecule has 1 unspecified atom stereocenters. The molecule has 0 spiro atoms. The lowest BCUT2D eigenvalue weighted by molar-refractivity contribution is 0.158. The zero-order chi connectivity index (χ0) is 8.27. The van der Waals surface area contributed by atoms with E-state index in [1.807, 2.05) is 0 Å². The van der Waals surface area contributed by atoms with Crippen molar-refractivity contribution in [3.8, 4) is 0 Å². The number of hydrogen-bond acceptors (Lipinski definition) is 3. The Morgan fingerprint density at radius 2 is 2.55 bits per heavy atom. The van der Waals surface area contributed by atoms with Gasteiger partial charge in [0.1, 0.15) is 0 Å². The van der Waals surface area contributed by atoms with E-state index in [0.717, 1.165) is 13.0 Å². The van der Waals surface area contributed by atoms with Gasteiger partial charge in [0.15, 0.2) is 0 Å². The number of carbonyl (C=O) groups excluding carboxylic acids is 1. The van der Waals surface area contributed by atoms with Crippen LogP contribution >= 0.6 is 0 Å². The Bertz CT molecular complexity index is 145. The van der Waals surface area contributed by atoms with E-state index >= 15 is 0 Å². The molecule has 0 saturated carbocycles. The van der Waals surface area contributed by atoms with Gasteiger partial charge in [-0.1, -0.05) is 0 Å². The van der Waals surface area contributed by atoms with Gasteiger partial charge in [-0.25, -0.2) is 10.6 Å². The molecule has 3 N–H and O–H groups in total. The first-order chi connectivity index (χ1) is 5.25. The fraction of sp³-hybridized carbons (Fsp3) is 0.833. The second kappa shape index (κ2) is 3.54. The minimum Gasteiger partial charge on any atom is -0.379 e. The van der Waals surface area contributed by atoms with Gasteiger partial charge < -0.3 is 9.64 Å². The van der Waals surface area contributed by atoms with Crippen molar-refractivity contribution in [1.29, 1.82) is 0 Å². The van der Waals surface area contributed by atoms with Crippen LogP contribution in [0.5, 0.6) is 0 Å². The van der Waals surface area contributed by atoms with Gasteiger partial charge in [0, 0.05) is 13.7 Å². The van der Waals surface area contributed by atoms with Crippen LogP contribution in [-0.4, -0.2) is 37.2 Å². The number of nitrogens with two attached hydrogens (primary N) is 1. The van der Waals surface area contributed by atoms with Crippen molar-refractivity contribution in [1.82, 2.24) is 10.3 Å². The first-order valence-electron chi connectivity index (χ1n) is 3.57. The second-order valence-corrected chi connectivity index (χ2v) is 2.58. The Balaban J connectivity index is 2.39. The summed E-state index contributed by atoms with van der Waals surface area (Å²) in [5.74, 6) is 4.96. The molecule has 11 heavy (non-hydrogen) atoms. The number of ether oxygens (including phenoxy) is 1. The van der Waals surface area contributed by atoms with E-state index in [4.69, 9.17) is 10.6 Å². The SMILES string of the molecule is CN(C(=O)NN)C1CCOC1. The van der Waals surface area contributed by atoms with Crippen LogP contribution in [0.3, 0.4) is 0 Å². The van der Waals surface area contributed by atoms with Crippen LogP contribution in [0.2, 0.25) is 0 Å². The molecule has 1 atom stereocenters. The second-order valence-electron chi connectivity index (χ2n) is 2.58. The predicted molar refractivity (Wildman–Crippen MR) is 39.7 cm³/mol. The summed E-state index contributed by atoms with van der Waals surface area (Å²) in [4.78, 5) is 12.5. The number of nitrogens with one attached hydrogen (secondary N) is 1. The minimum absolute atomic E-state index is 0.179. The Hall–Kier alpha value is -0.810. The number of hydrogen-bond donors (Lipinski definition) is 2. The van der Waals surface area contributed by atoms with Crippen LogP contribution in [0.1, 0.15) is 6.42 Å². The van der Waals surface area contributed by atoms with Crippen molar-refractivity contribution in [2.75, 3.05) is 20.3 Å². The van der Waals surface area contributed by atoms with Crippen molar-refractivity contribution < 1.29 is 9.53 Å². The molecule has 5 heteroatoms. The molecule has 0 aromatic rings. The Morgan fingerprint density at radius 1 is 1.82 bits per heavy atom. The number of nitrogens with zero attached hydrogens (tertiary/aromatic N) is 1. The van der Waals surface area contributed by atoms with Gasteiger partial charge in [-0.15, -0.1) is 0 Å². The summed E-state index contributed by atoms with van der Waals surface area (Å²) in [7, 11) is 1.71. The number of rotatable bonds is 1. The van der Waals surface area contributed by atoms with E-state index in [0.29, 0.717) is 6.61 Å². The Labute approximate surface area is 65.5 Å². The average Bonchev–Trinajstić information content (AvgIpc) is 2.53. The zero-order valence-corrected chi connectivity index (χ0v) is 6.54. The van der Waals surface area contributed by atoms with Crippen LogP contribution in [0, 0.1) is 0 Å². The fourth-order valence-electron chi connectivity index (χ4n) is 1.10. The lowest BCUT2D eigenvalue weighted by Crippen LogP contribution is -2.46. The smallest absolute Gasteiger partial charge is 0.331 e. The van der Waals surface area contributed by atoms with E-state index in [-0.39, 0.29) is 12.1 Å². The molecule has 0 aromatic carbocycles. The van der Waals surface area contributed by atoms with Gasteiger partial charge >= 0.3 is 6.03 Å². The van der Waals surface area contributed by atoms with Crippen molar-refractivity contribution in [2.45, 2.75) is 12.5 Å². The largest absolute Gasteiger partial charge is 0.379 e. The fourth-order valence-corrected chi connectivity index (χ4v) is 1.10. The summed E-state index contributed by atoms with van der Waals surface area (Å²) < 4.78 is 5.11. The lowest BCUT2D eigenvalue weighted by atomic mass is 10.2. The molecule has 1 aliphatic heterocycles. The van der Waals surface area contributed by atoms with Crippen molar-refractivity contribution in [3.05, 3.63) is 0 Å². The number of carbonyl (C=O) groups is 1. The maximum absolute atomic E-state index is 10.9. The topological polar surface area (TPSA) is 67.6 Å². The van der Waals surface area contributed by atoms with E-state index < -0.39 is 0 Å². The molecule has 0 aromatic heterocycles. The van der Waals surface area contributed by atoms with Crippen LogP contribution in [0.4, 0.5) is 4.79 Å². The molecule has 1 saturated heterocycles. The Kier molecular flexibility index (Phi) is 2.67. The summed E-state index contributed by atoms with van der Waals surface area (Å²) in [5, 5.41) is 0. The number of hydrazine groups is 1. The van der Waals surface area contributed by atoms with Crippen molar-refractivity contribution in [2.24, 2.45) is 5.84 Å². The Morgan fingerprint density at radius 3 is 3.00 bits per heavy atom. The minimum atomic E-state index is -0.263. The highest BCUT2D eigenvalue weighted by atomic mass is 16.5. The quantitative estimate of drug-likeness (QED) is 0.302. The van der Waals surface area contributed by atoms with Gasteiger partial charge in [-0.05, 0) is 6.42 Å². The maximum Gasteiger partial charge on any atom is 0.331 e. The summed E-state index contributed by atoms with van der Waals surface area (Å²) in [6, 6.07) is -0.0842. The highest BCUT2D eigenvalue weighted by molar-refractivity contribution is 5.73. The zero-order valence-electron chi connectivity index (χ0n) is 6.54. The summed E-state index contributed by atoms with van der Waals surface area (Å²) in [6.07, 6.45) is 0.893. The average molecular weight is 159 g/mol. The molecule has 0 bridgehead atoms. The molecule has 0 radical (unpaired) electrons. The van der Waals surface area contributed by atoms with Gasteiger partial charge in [0.05, 0.1) is 12.6 Å². The van der Waals surface area contributed by atoms with E-state index in [2.05, 4.69) is 5.43 Å². The van der Waals surface area contributed by atoms with Crippen LogP contribution < -0.4 is 11.3 Å². The van der Waals surface area contributed by atoms with Gasteiger partial charge in [-0.3, -0.25) is 5.43 Å². The molecular weight excluding hydrogens is 146 g/mol. The molecule has 64 valence electrons.